The van der Waals surface area contributed by atoms with Gasteiger partial charge in [0.15, 0.2) is 0 Å². The summed E-state index contributed by atoms with van der Waals surface area (Å²) < 4.78 is 10.6. The Kier molecular flexibility index (Phi) is 3.81. The van der Waals surface area contributed by atoms with Gasteiger partial charge < -0.3 is 9.47 Å². The van der Waals surface area contributed by atoms with E-state index in [0.29, 0.717) is 6.61 Å². The van der Waals surface area contributed by atoms with Crippen molar-refractivity contribution in [2.75, 3.05) is 6.61 Å². The molecule has 0 bridgehead atoms. The van der Waals surface area contributed by atoms with Crippen molar-refractivity contribution in [1.29, 1.82) is 0 Å². The molecule has 0 aliphatic carbocycles. The molecule has 3 nitrogen and oxygen atoms in total. The number of carbonyl (C=O) groups excluding carboxylic acids is 1. The minimum atomic E-state index is -0.323. The second kappa shape index (κ2) is 5.53. The van der Waals surface area contributed by atoms with Crippen LogP contribution in [0.5, 0.6) is 0 Å². The van der Waals surface area contributed by atoms with E-state index >= 15 is 0 Å². The molecule has 3 heteroatoms. The van der Waals surface area contributed by atoms with Gasteiger partial charge in [0.05, 0.1) is 12.7 Å². The zero-order valence-electron chi connectivity index (χ0n) is 9.89. The molecule has 0 aromatic heterocycles. The van der Waals surface area contributed by atoms with Crippen molar-refractivity contribution >= 4 is 5.97 Å². The van der Waals surface area contributed by atoms with Gasteiger partial charge in [0.2, 0.25) is 0 Å². The van der Waals surface area contributed by atoms with Gasteiger partial charge in [0.1, 0.15) is 11.9 Å². The van der Waals surface area contributed by atoms with Crippen LogP contribution in [0.25, 0.3) is 0 Å². The Balaban J connectivity index is 1.98. The number of hydrogen-bond donors (Lipinski definition) is 0. The SMILES string of the molecule is CCOC(=O)/C=C1\CC[C@H](c2ccccc2)O1. The van der Waals surface area contributed by atoms with Gasteiger partial charge in [-0.05, 0) is 18.9 Å². The fraction of sp³-hybridized carbons (Fsp3) is 0.357. The molecule has 1 aromatic carbocycles. The summed E-state index contributed by atoms with van der Waals surface area (Å²) in [6.07, 6.45) is 3.22. The Morgan fingerprint density at radius 1 is 1.47 bits per heavy atom. The number of rotatable bonds is 3. The topological polar surface area (TPSA) is 35.5 Å². The number of esters is 1. The predicted molar refractivity (Wildman–Crippen MR) is 64.2 cm³/mol. The van der Waals surface area contributed by atoms with Crippen LogP contribution in [-0.2, 0) is 14.3 Å². The maximum absolute atomic E-state index is 11.3. The summed E-state index contributed by atoms with van der Waals surface area (Å²) in [5, 5.41) is 0. The van der Waals surface area contributed by atoms with Crippen molar-refractivity contribution in [2.45, 2.75) is 25.9 Å². The van der Waals surface area contributed by atoms with Crippen LogP contribution in [-0.4, -0.2) is 12.6 Å². The van der Waals surface area contributed by atoms with Crippen molar-refractivity contribution in [2.24, 2.45) is 0 Å². The van der Waals surface area contributed by atoms with E-state index in [1.807, 2.05) is 30.3 Å². The highest BCUT2D eigenvalue weighted by molar-refractivity contribution is 5.82. The fourth-order valence-corrected chi connectivity index (χ4v) is 1.90. The molecule has 1 aromatic rings. The normalized spacial score (nSPS) is 21.2. The first-order valence-corrected chi connectivity index (χ1v) is 5.88. The molecule has 1 atom stereocenters. The summed E-state index contributed by atoms with van der Waals surface area (Å²) >= 11 is 0. The van der Waals surface area contributed by atoms with Gasteiger partial charge >= 0.3 is 5.97 Å². The summed E-state index contributed by atoms with van der Waals surface area (Å²) in [6.45, 7) is 2.18. The summed E-state index contributed by atoms with van der Waals surface area (Å²) in [7, 11) is 0. The number of carbonyl (C=O) groups is 1. The lowest BCUT2D eigenvalue weighted by Crippen LogP contribution is -2.01. The first-order valence-electron chi connectivity index (χ1n) is 5.88. The predicted octanol–water partition coefficient (Wildman–Crippen LogP) is 2.99. The molecular weight excluding hydrogens is 216 g/mol. The molecule has 1 heterocycles. The molecule has 17 heavy (non-hydrogen) atoms. The van der Waals surface area contributed by atoms with E-state index in [4.69, 9.17) is 9.47 Å². The van der Waals surface area contributed by atoms with Crippen molar-refractivity contribution in [3.63, 3.8) is 0 Å². The zero-order valence-corrected chi connectivity index (χ0v) is 9.89. The summed E-state index contributed by atoms with van der Waals surface area (Å²) in [5.74, 6) is 0.397. The minimum absolute atomic E-state index is 0.0666. The van der Waals surface area contributed by atoms with Crippen LogP contribution >= 0.6 is 0 Å². The third kappa shape index (κ3) is 3.09. The summed E-state index contributed by atoms with van der Waals surface area (Å²) in [6, 6.07) is 10.0. The van der Waals surface area contributed by atoms with E-state index in [1.165, 1.54) is 6.08 Å². The molecule has 0 saturated carbocycles. The lowest BCUT2D eigenvalue weighted by molar-refractivity contribution is -0.137. The number of hydrogen-bond acceptors (Lipinski definition) is 3. The van der Waals surface area contributed by atoms with Crippen LogP contribution in [0.4, 0.5) is 0 Å². The maximum Gasteiger partial charge on any atom is 0.334 e. The molecule has 0 spiro atoms. The van der Waals surface area contributed by atoms with Crippen LogP contribution in [0, 0.1) is 0 Å². The quantitative estimate of drug-likeness (QED) is 0.593. The molecule has 0 N–H and O–H groups in total. The van der Waals surface area contributed by atoms with Crippen molar-refractivity contribution in [1.82, 2.24) is 0 Å². The van der Waals surface area contributed by atoms with Gasteiger partial charge in [0.25, 0.3) is 0 Å². The van der Waals surface area contributed by atoms with Crippen molar-refractivity contribution in [3.8, 4) is 0 Å². The molecular formula is C14H16O3. The second-order valence-corrected chi connectivity index (χ2v) is 3.92. The van der Waals surface area contributed by atoms with Crippen molar-refractivity contribution < 1.29 is 14.3 Å². The van der Waals surface area contributed by atoms with Crippen LogP contribution < -0.4 is 0 Å². The standard InChI is InChI=1S/C14H16O3/c1-2-16-14(15)10-12-8-9-13(17-12)11-6-4-3-5-7-11/h3-7,10,13H,2,8-9H2,1H3/b12-10+/t13-/m1/s1. The molecule has 1 aliphatic rings. The molecule has 1 fully saturated rings. The molecule has 0 unspecified atom stereocenters. The molecule has 1 aliphatic heterocycles. The number of ether oxygens (including phenoxy) is 2. The first-order chi connectivity index (χ1) is 8.29. The number of allylic oxidation sites excluding steroid dienone is 1. The third-order valence-electron chi connectivity index (χ3n) is 2.68. The molecule has 90 valence electrons. The van der Waals surface area contributed by atoms with Gasteiger partial charge in [-0.25, -0.2) is 4.79 Å². The Morgan fingerprint density at radius 3 is 2.94 bits per heavy atom. The van der Waals surface area contributed by atoms with Crippen LogP contribution in [0.2, 0.25) is 0 Å². The Bertz CT molecular complexity index is 409. The van der Waals surface area contributed by atoms with Gasteiger partial charge in [-0.15, -0.1) is 0 Å². The van der Waals surface area contributed by atoms with E-state index in [9.17, 15) is 4.79 Å². The average Bonchev–Trinajstić information content (AvgIpc) is 2.79. The van der Waals surface area contributed by atoms with Crippen LogP contribution in [0.3, 0.4) is 0 Å². The van der Waals surface area contributed by atoms with Gasteiger partial charge in [-0.1, -0.05) is 30.3 Å². The van der Waals surface area contributed by atoms with Crippen molar-refractivity contribution in [3.05, 3.63) is 47.7 Å². The Morgan fingerprint density at radius 2 is 2.24 bits per heavy atom. The lowest BCUT2D eigenvalue weighted by Gasteiger charge is -2.10. The van der Waals surface area contributed by atoms with E-state index in [-0.39, 0.29) is 12.1 Å². The fourth-order valence-electron chi connectivity index (χ4n) is 1.90. The largest absolute Gasteiger partial charge is 0.490 e. The summed E-state index contributed by atoms with van der Waals surface area (Å²) in [5.41, 5.74) is 1.15. The third-order valence-corrected chi connectivity index (χ3v) is 2.68. The van der Waals surface area contributed by atoms with Gasteiger partial charge in [-0.3, -0.25) is 0 Å². The van der Waals surface area contributed by atoms with E-state index < -0.39 is 0 Å². The molecule has 2 rings (SSSR count). The van der Waals surface area contributed by atoms with Gasteiger partial charge in [-0.2, -0.15) is 0 Å². The van der Waals surface area contributed by atoms with E-state index in [2.05, 4.69) is 0 Å². The Labute approximate surface area is 101 Å². The highest BCUT2D eigenvalue weighted by Crippen LogP contribution is 2.34. The zero-order chi connectivity index (χ0) is 12.1. The molecule has 0 radical (unpaired) electrons. The lowest BCUT2D eigenvalue weighted by atomic mass is 10.1. The van der Waals surface area contributed by atoms with Crippen LogP contribution in [0.1, 0.15) is 31.4 Å². The van der Waals surface area contributed by atoms with Gasteiger partial charge in [0, 0.05) is 6.42 Å². The number of benzene rings is 1. The summed E-state index contributed by atoms with van der Waals surface area (Å²) in [4.78, 5) is 11.3. The maximum atomic E-state index is 11.3. The smallest absolute Gasteiger partial charge is 0.334 e. The highest BCUT2D eigenvalue weighted by Gasteiger charge is 2.22. The Hall–Kier alpha value is -1.77. The highest BCUT2D eigenvalue weighted by atomic mass is 16.5. The van der Waals surface area contributed by atoms with Crippen LogP contribution in [0.15, 0.2) is 42.2 Å². The van der Waals surface area contributed by atoms with E-state index in [1.54, 1.807) is 6.92 Å². The monoisotopic (exact) mass is 232 g/mol. The second-order valence-electron chi connectivity index (χ2n) is 3.92. The van der Waals surface area contributed by atoms with E-state index in [0.717, 1.165) is 24.2 Å². The molecule has 0 amide bonds. The molecule has 1 saturated heterocycles. The average molecular weight is 232 g/mol. The first kappa shape index (κ1) is 11.7. The minimum Gasteiger partial charge on any atom is -0.490 e.